The van der Waals surface area contributed by atoms with E-state index in [-0.39, 0.29) is 16.8 Å². The fourth-order valence-corrected chi connectivity index (χ4v) is 2.73. The SMILES string of the molecule is O=C(C[SH]1C=CC=C1)Nc1ccccc1. The molecule has 0 unspecified atom stereocenters. The molecule has 0 fully saturated rings. The van der Waals surface area contributed by atoms with E-state index >= 15 is 0 Å². The molecule has 1 N–H and O–H groups in total. The minimum Gasteiger partial charge on any atom is -0.325 e. The van der Waals surface area contributed by atoms with E-state index in [4.69, 9.17) is 0 Å². The average Bonchev–Trinajstić information content (AvgIpc) is 2.71. The Morgan fingerprint density at radius 3 is 2.47 bits per heavy atom. The Morgan fingerprint density at radius 1 is 1.13 bits per heavy atom. The lowest BCUT2D eigenvalue weighted by Crippen LogP contribution is -2.14. The molecule has 1 aliphatic heterocycles. The van der Waals surface area contributed by atoms with E-state index in [9.17, 15) is 4.79 Å². The van der Waals surface area contributed by atoms with E-state index in [0.29, 0.717) is 5.75 Å². The Balaban J connectivity index is 1.87. The van der Waals surface area contributed by atoms with E-state index in [1.807, 2.05) is 42.5 Å². The smallest absolute Gasteiger partial charge is 0.233 e. The van der Waals surface area contributed by atoms with Gasteiger partial charge in [0.15, 0.2) is 0 Å². The number of hydrogen-bond acceptors (Lipinski definition) is 1. The maximum atomic E-state index is 11.6. The van der Waals surface area contributed by atoms with Crippen LogP contribution >= 0.6 is 10.9 Å². The summed E-state index contributed by atoms with van der Waals surface area (Å²) in [5.41, 5.74) is 0.865. The second-order valence-corrected chi connectivity index (χ2v) is 5.21. The predicted molar refractivity (Wildman–Crippen MR) is 67.2 cm³/mol. The number of benzene rings is 1. The molecule has 0 saturated heterocycles. The minimum absolute atomic E-state index is 0.0866. The van der Waals surface area contributed by atoms with Gasteiger partial charge in [0, 0.05) is 5.69 Å². The molecular weight excluding hydrogens is 206 g/mol. The van der Waals surface area contributed by atoms with Gasteiger partial charge in [-0.05, 0) is 22.9 Å². The number of hydrogen-bond donors (Lipinski definition) is 2. The van der Waals surface area contributed by atoms with Crippen molar-refractivity contribution in [3.05, 3.63) is 53.3 Å². The van der Waals surface area contributed by atoms with Gasteiger partial charge < -0.3 is 5.32 Å². The molecule has 3 heteroatoms. The van der Waals surface area contributed by atoms with Gasteiger partial charge in [-0.3, -0.25) is 4.79 Å². The second-order valence-electron chi connectivity index (χ2n) is 3.27. The third-order valence-electron chi connectivity index (χ3n) is 2.05. The van der Waals surface area contributed by atoms with Crippen LogP contribution in [0, 0.1) is 0 Å². The van der Waals surface area contributed by atoms with Crippen molar-refractivity contribution >= 4 is 22.5 Å². The van der Waals surface area contributed by atoms with Crippen LogP contribution in [-0.4, -0.2) is 11.7 Å². The van der Waals surface area contributed by atoms with Crippen LogP contribution in [0.5, 0.6) is 0 Å². The van der Waals surface area contributed by atoms with Crippen molar-refractivity contribution in [1.29, 1.82) is 0 Å². The molecule has 1 heterocycles. The van der Waals surface area contributed by atoms with Crippen molar-refractivity contribution in [2.24, 2.45) is 0 Å². The van der Waals surface area contributed by atoms with Crippen LogP contribution in [0.25, 0.3) is 0 Å². The van der Waals surface area contributed by atoms with Crippen molar-refractivity contribution < 1.29 is 4.79 Å². The highest BCUT2D eigenvalue weighted by Crippen LogP contribution is 2.32. The molecule has 2 rings (SSSR count). The van der Waals surface area contributed by atoms with E-state index < -0.39 is 0 Å². The summed E-state index contributed by atoms with van der Waals surface area (Å²) in [5, 5.41) is 7.07. The number of carbonyl (C=O) groups excluding carboxylic acids is 1. The summed E-state index contributed by atoms with van der Waals surface area (Å²) < 4.78 is 0. The Bertz CT molecular complexity index is 385. The zero-order valence-corrected chi connectivity index (χ0v) is 9.15. The van der Waals surface area contributed by atoms with Gasteiger partial charge in [0.2, 0.25) is 5.91 Å². The summed E-state index contributed by atoms with van der Waals surface area (Å²) in [6.07, 6.45) is 4.00. The summed E-state index contributed by atoms with van der Waals surface area (Å²) in [4.78, 5) is 11.6. The van der Waals surface area contributed by atoms with Crippen molar-refractivity contribution in [2.45, 2.75) is 0 Å². The molecule has 1 amide bonds. The number of allylic oxidation sites excluding steroid dienone is 2. The number of thiol groups is 1. The molecule has 1 aliphatic rings. The second kappa shape index (κ2) is 4.84. The maximum absolute atomic E-state index is 11.6. The van der Waals surface area contributed by atoms with Gasteiger partial charge in [-0.25, -0.2) is 10.9 Å². The highest BCUT2D eigenvalue weighted by molar-refractivity contribution is 8.22. The van der Waals surface area contributed by atoms with Gasteiger partial charge >= 0.3 is 0 Å². The quantitative estimate of drug-likeness (QED) is 0.752. The van der Waals surface area contributed by atoms with E-state index in [0.717, 1.165) is 5.69 Å². The normalized spacial score (nSPS) is 15.6. The van der Waals surface area contributed by atoms with Gasteiger partial charge in [0.1, 0.15) is 0 Å². The monoisotopic (exact) mass is 219 g/mol. The topological polar surface area (TPSA) is 29.1 Å². The fourth-order valence-electron chi connectivity index (χ4n) is 1.36. The van der Waals surface area contributed by atoms with E-state index in [1.165, 1.54) is 0 Å². The van der Waals surface area contributed by atoms with Gasteiger partial charge in [0.25, 0.3) is 0 Å². The number of amides is 1. The van der Waals surface area contributed by atoms with Crippen molar-refractivity contribution in [2.75, 3.05) is 11.1 Å². The number of anilines is 1. The standard InChI is InChI=1S/C12H13NOS/c14-12(10-15-8-4-5-9-15)13-11-6-2-1-3-7-11/h1-9,15H,10H2,(H,13,14). The summed E-state index contributed by atoms with van der Waals surface area (Å²) in [6, 6.07) is 9.55. The number of para-hydroxylation sites is 1. The van der Waals surface area contributed by atoms with Gasteiger partial charge in [-0.15, -0.1) is 0 Å². The Labute approximate surface area is 92.0 Å². The molecule has 0 aromatic heterocycles. The summed E-state index contributed by atoms with van der Waals surface area (Å²) in [5.74, 6) is 0.667. The number of nitrogens with one attached hydrogen (secondary N) is 1. The molecule has 0 atom stereocenters. The molecule has 2 nitrogen and oxygen atoms in total. The van der Waals surface area contributed by atoms with Crippen LogP contribution in [0.2, 0.25) is 0 Å². The predicted octanol–water partition coefficient (Wildman–Crippen LogP) is 2.67. The Kier molecular flexibility index (Phi) is 3.25. The van der Waals surface area contributed by atoms with Crippen molar-refractivity contribution in [3.63, 3.8) is 0 Å². The first-order chi connectivity index (χ1) is 7.34. The van der Waals surface area contributed by atoms with Gasteiger partial charge in [-0.1, -0.05) is 30.4 Å². The molecule has 0 radical (unpaired) electrons. The highest BCUT2D eigenvalue weighted by atomic mass is 32.2. The van der Waals surface area contributed by atoms with Crippen LogP contribution in [0.1, 0.15) is 0 Å². The number of carbonyl (C=O) groups is 1. The van der Waals surface area contributed by atoms with Crippen LogP contribution in [0.4, 0.5) is 5.69 Å². The zero-order chi connectivity index (χ0) is 10.5. The third-order valence-corrected chi connectivity index (χ3v) is 3.81. The lowest BCUT2D eigenvalue weighted by molar-refractivity contribution is -0.113. The number of rotatable bonds is 3. The van der Waals surface area contributed by atoms with Gasteiger partial charge in [0.05, 0.1) is 5.75 Å². The largest absolute Gasteiger partial charge is 0.325 e. The minimum atomic E-state index is -0.354. The van der Waals surface area contributed by atoms with Crippen LogP contribution in [0.3, 0.4) is 0 Å². The lowest BCUT2D eigenvalue weighted by atomic mass is 10.3. The van der Waals surface area contributed by atoms with Crippen LogP contribution in [-0.2, 0) is 4.79 Å². The van der Waals surface area contributed by atoms with Crippen molar-refractivity contribution in [3.8, 4) is 0 Å². The maximum Gasteiger partial charge on any atom is 0.233 e. The molecule has 1 aromatic carbocycles. The lowest BCUT2D eigenvalue weighted by Gasteiger charge is -2.09. The first-order valence-corrected chi connectivity index (χ1v) is 6.47. The molecule has 15 heavy (non-hydrogen) atoms. The van der Waals surface area contributed by atoms with Crippen LogP contribution in [0.15, 0.2) is 53.3 Å². The van der Waals surface area contributed by atoms with E-state index in [2.05, 4.69) is 16.1 Å². The molecule has 0 saturated carbocycles. The van der Waals surface area contributed by atoms with Crippen molar-refractivity contribution in [1.82, 2.24) is 0 Å². The van der Waals surface area contributed by atoms with Gasteiger partial charge in [-0.2, -0.15) is 0 Å². The molecule has 0 spiro atoms. The Hall–Kier alpha value is -1.48. The highest BCUT2D eigenvalue weighted by Gasteiger charge is 2.06. The average molecular weight is 219 g/mol. The summed E-state index contributed by atoms with van der Waals surface area (Å²) in [7, 11) is -0.354. The molecular formula is C12H13NOS. The molecule has 0 aliphatic carbocycles. The molecule has 0 bridgehead atoms. The first kappa shape index (κ1) is 10.1. The zero-order valence-electron chi connectivity index (χ0n) is 8.26. The molecule has 78 valence electrons. The first-order valence-electron chi connectivity index (χ1n) is 4.80. The third kappa shape index (κ3) is 2.99. The summed E-state index contributed by atoms with van der Waals surface area (Å²) in [6.45, 7) is 0. The van der Waals surface area contributed by atoms with E-state index in [1.54, 1.807) is 0 Å². The Morgan fingerprint density at radius 2 is 1.80 bits per heavy atom. The van der Waals surface area contributed by atoms with Crippen LogP contribution < -0.4 is 5.32 Å². The molecule has 1 aromatic rings. The fraction of sp³-hybridized carbons (Fsp3) is 0.0833. The summed E-state index contributed by atoms with van der Waals surface area (Å²) >= 11 is 0.